The Kier molecular flexibility index (Phi) is 6.42. The van der Waals surface area contributed by atoms with Crippen molar-refractivity contribution in [2.24, 2.45) is 5.92 Å². The van der Waals surface area contributed by atoms with Gasteiger partial charge in [-0.25, -0.2) is 4.68 Å². The highest BCUT2D eigenvalue weighted by Crippen LogP contribution is 2.24. The predicted octanol–water partition coefficient (Wildman–Crippen LogP) is 3.82. The number of hydrogen-bond acceptors (Lipinski definition) is 4. The Morgan fingerprint density at radius 2 is 1.66 bits per heavy atom. The first-order valence-corrected chi connectivity index (χ1v) is 10.1. The summed E-state index contributed by atoms with van der Waals surface area (Å²) in [7, 11) is 0. The van der Waals surface area contributed by atoms with Crippen LogP contribution in [0.4, 0.5) is 0 Å². The fourth-order valence-electron chi connectivity index (χ4n) is 3.35. The SMILES string of the molecule is CC(C)c1ccc(C(NC(=O)CCn2nnc3ccccc3c2=O)C(C)C)cc1. The molecule has 0 bridgehead atoms. The van der Waals surface area contributed by atoms with Gasteiger partial charge in [0.1, 0.15) is 5.52 Å². The highest BCUT2D eigenvalue weighted by atomic mass is 16.2. The van der Waals surface area contributed by atoms with Crippen LogP contribution in [0.15, 0.2) is 53.3 Å². The van der Waals surface area contributed by atoms with Crippen LogP contribution < -0.4 is 10.9 Å². The van der Waals surface area contributed by atoms with Gasteiger partial charge in [-0.05, 0) is 35.1 Å². The molecule has 0 fully saturated rings. The van der Waals surface area contributed by atoms with Gasteiger partial charge in [0, 0.05) is 6.42 Å². The van der Waals surface area contributed by atoms with Crippen molar-refractivity contribution < 1.29 is 4.79 Å². The largest absolute Gasteiger partial charge is 0.349 e. The minimum atomic E-state index is -0.229. The summed E-state index contributed by atoms with van der Waals surface area (Å²) in [6, 6.07) is 15.4. The summed E-state index contributed by atoms with van der Waals surface area (Å²) in [5, 5.41) is 11.6. The summed E-state index contributed by atoms with van der Waals surface area (Å²) in [6.07, 6.45) is 0.167. The molecule has 1 aromatic heterocycles. The van der Waals surface area contributed by atoms with Crippen LogP contribution in [0.3, 0.4) is 0 Å². The minimum absolute atomic E-state index is 0.0804. The number of rotatable bonds is 7. The molecule has 1 unspecified atom stereocenters. The average Bonchev–Trinajstić information content (AvgIpc) is 2.71. The highest BCUT2D eigenvalue weighted by molar-refractivity contribution is 5.77. The van der Waals surface area contributed by atoms with Crippen molar-refractivity contribution in [2.45, 2.75) is 52.6 Å². The molecule has 152 valence electrons. The third kappa shape index (κ3) is 4.88. The van der Waals surface area contributed by atoms with E-state index in [1.807, 2.05) is 6.07 Å². The molecule has 0 saturated carbocycles. The second-order valence-electron chi connectivity index (χ2n) is 8.00. The average molecular weight is 393 g/mol. The van der Waals surface area contributed by atoms with Gasteiger partial charge in [-0.3, -0.25) is 9.59 Å². The predicted molar refractivity (Wildman–Crippen MR) is 115 cm³/mol. The van der Waals surface area contributed by atoms with Crippen molar-refractivity contribution in [1.29, 1.82) is 0 Å². The summed E-state index contributed by atoms with van der Waals surface area (Å²) in [4.78, 5) is 25.1. The quantitative estimate of drug-likeness (QED) is 0.663. The van der Waals surface area contributed by atoms with Crippen LogP contribution in [0.5, 0.6) is 0 Å². The Morgan fingerprint density at radius 1 is 1.00 bits per heavy atom. The van der Waals surface area contributed by atoms with Gasteiger partial charge < -0.3 is 5.32 Å². The molecule has 0 spiro atoms. The van der Waals surface area contributed by atoms with Gasteiger partial charge in [0.2, 0.25) is 5.91 Å². The van der Waals surface area contributed by atoms with Crippen molar-refractivity contribution in [3.63, 3.8) is 0 Å². The monoisotopic (exact) mass is 392 g/mol. The first-order chi connectivity index (χ1) is 13.9. The van der Waals surface area contributed by atoms with Gasteiger partial charge in [-0.2, -0.15) is 0 Å². The lowest BCUT2D eigenvalue weighted by molar-refractivity contribution is -0.122. The third-order valence-corrected chi connectivity index (χ3v) is 5.13. The van der Waals surface area contributed by atoms with Gasteiger partial charge in [-0.1, -0.05) is 69.3 Å². The fourth-order valence-corrected chi connectivity index (χ4v) is 3.35. The van der Waals surface area contributed by atoms with E-state index in [0.717, 1.165) is 5.56 Å². The molecule has 3 rings (SSSR count). The van der Waals surface area contributed by atoms with Gasteiger partial charge in [0.05, 0.1) is 18.0 Å². The second-order valence-corrected chi connectivity index (χ2v) is 8.00. The van der Waals surface area contributed by atoms with Crippen molar-refractivity contribution in [3.8, 4) is 0 Å². The molecule has 0 aliphatic carbocycles. The maximum absolute atomic E-state index is 12.6. The molecule has 0 aliphatic rings. The zero-order valence-corrected chi connectivity index (χ0v) is 17.4. The van der Waals surface area contributed by atoms with E-state index in [0.29, 0.717) is 16.8 Å². The topological polar surface area (TPSA) is 76.9 Å². The smallest absolute Gasteiger partial charge is 0.277 e. The summed E-state index contributed by atoms with van der Waals surface area (Å²) < 4.78 is 1.25. The van der Waals surface area contributed by atoms with Crippen molar-refractivity contribution in [1.82, 2.24) is 20.3 Å². The zero-order chi connectivity index (χ0) is 21.0. The normalized spacial score (nSPS) is 12.5. The maximum atomic E-state index is 12.6. The first-order valence-electron chi connectivity index (χ1n) is 10.1. The number of carbonyl (C=O) groups is 1. The van der Waals surface area contributed by atoms with Crippen LogP contribution >= 0.6 is 0 Å². The van der Waals surface area contributed by atoms with Crippen LogP contribution in [0, 0.1) is 5.92 Å². The lowest BCUT2D eigenvalue weighted by atomic mass is 9.93. The lowest BCUT2D eigenvalue weighted by Crippen LogP contribution is -2.33. The van der Waals surface area contributed by atoms with Gasteiger partial charge in [0.15, 0.2) is 0 Å². The van der Waals surface area contributed by atoms with E-state index < -0.39 is 0 Å². The molecule has 29 heavy (non-hydrogen) atoms. The van der Waals surface area contributed by atoms with Crippen LogP contribution in [0.1, 0.15) is 57.2 Å². The van der Waals surface area contributed by atoms with Crippen molar-refractivity contribution in [2.75, 3.05) is 0 Å². The third-order valence-electron chi connectivity index (χ3n) is 5.13. The van der Waals surface area contributed by atoms with Gasteiger partial charge in [-0.15, -0.1) is 5.10 Å². The van der Waals surface area contributed by atoms with Crippen LogP contribution in [-0.2, 0) is 11.3 Å². The molecule has 1 heterocycles. The first kappa shape index (κ1) is 20.7. The maximum Gasteiger partial charge on any atom is 0.277 e. The number of carbonyl (C=O) groups excluding carboxylic acids is 1. The molecule has 0 saturated heterocycles. The lowest BCUT2D eigenvalue weighted by Gasteiger charge is -2.23. The Hall–Kier alpha value is -3.02. The Balaban J connectivity index is 1.68. The standard InChI is InChI=1S/C23H28N4O2/c1-15(2)17-9-11-18(12-10-17)22(16(3)4)24-21(28)13-14-27-23(29)19-7-5-6-8-20(19)25-26-27/h5-12,15-16,22H,13-14H2,1-4H3,(H,24,28). The van der Waals surface area contributed by atoms with E-state index in [1.54, 1.807) is 18.2 Å². The van der Waals surface area contributed by atoms with E-state index >= 15 is 0 Å². The Morgan fingerprint density at radius 3 is 2.31 bits per heavy atom. The van der Waals surface area contributed by atoms with E-state index in [2.05, 4.69) is 67.6 Å². The molecule has 1 N–H and O–H groups in total. The number of fused-ring (bicyclic) bond motifs is 1. The van der Waals surface area contributed by atoms with Crippen LogP contribution in [-0.4, -0.2) is 20.9 Å². The number of hydrogen-bond donors (Lipinski definition) is 1. The Labute approximate surface area is 170 Å². The van der Waals surface area contributed by atoms with Crippen molar-refractivity contribution >= 4 is 16.8 Å². The fraction of sp³-hybridized carbons (Fsp3) is 0.391. The zero-order valence-electron chi connectivity index (χ0n) is 17.4. The number of nitrogens with one attached hydrogen (secondary N) is 1. The summed E-state index contributed by atoms with van der Waals surface area (Å²) in [6.45, 7) is 8.68. The Bertz CT molecular complexity index is 1040. The molecular weight excluding hydrogens is 364 g/mol. The molecule has 3 aromatic rings. The van der Waals surface area contributed by atoms with Crippen LogP contribution in [0.25, 0.3) is 10.9 Å². The molecule has 2 aromatic carbocycles. The van der Waals surface area contributed by atoms with Gasteiger partial charge in [0.25, 0.3) is 5.56 Å². The molecule has 6 nitrogen and oxygen atoms in total. The van der Waals surface area contributed by atoms with E-state index in [-0.39, 0.29) is 36.4 Å². The summed E-state index contributed by atoms with van der Waals surface area (Å²) >= 11 is 0. The number of benzene rings is 2. The number of amides is 1. The summed E-state index contributed by atoms with van der Waals surface area (Å²) in [5.74, 6) is 0.600. The van der Waals surface area contributed by atoms with Crippen molar-refractivity contribution in [3.05, 3.63) is 70.0 Å². The van der Waals surface area contributed by atoms with E-state index in [4.69, 9.17) is 0 Å². The molecule has 6 heteroatoms. The molecule has 0 radical (unpaired) electrons. The number of nitrogens with zero attached hydrogens (tertiary/aromatic N) is 3. The van der Waals surface area contributed by atoms with E-state index in [1.165, 1.54) is 10.2 Å². The number of aryl methyl sites for hydroxylation is 1. The van der Waals surface area contributed by atoms with Gasteiger partial charge >= 0.3 is 0 Å². The minimum Gasteiger partial charge on any atom is -0.349 e. The second kappa shape index (κ2) is 8.99. The molecule has 0 aliphatic heterocycles. The molecule has 1 amide bonds. The van der Waals surface area contributed by atoms with E-state index in [9.17, 15) is 9.59 Å². The summed E-state index contributed by atoms with van der Waals surface area (Å²) in [5.41, 5.74) is 2.69. The molecular formula is C23H28N4O2. The number of aromatic nitrogens is 3. The molecule has 1 atom stereocenters. The highest BCUT2D eigenvalue weighted by Gasteiger charge is 2.19. The van der Waals surface area contributed by atoms with Crippen LogP contribution in [0.2, 0.25) is 0 Å².